The lowest BCUT2D eigenvalue weighted by Crippen LogP contribution is -2.35. The monoisotopic (exact) mass is 341 g/mol. The Balaban J connectivity index is 1.66. The zero-order chi connectivity index (χ0) is 17.5. The van der Waals surface area contributed by atoms with Gasteiger partial charge >= 0.3 is 0 Å². The third kappa shape index (κ3) is 2.36. The fraction of sp³-hybridized carbons (Fsp3) is 0.190. The number of hydrogen-bond acceptors (Lipinski definition) is 4. The predicted octanol–water partition coefficient (Wildman–Crippen LogP) is 3.92. The van der Waals surface area contributed by atoms with Gasteiger partial charge in [-0.2, -0.15) is 14.6 Å². The highest BCUT2D eigenvalue weighted by Gasteiger charge is 2.26. The molecule has 0 fully saturated rings. The lowest BCUT2D eigenvalue weighted by atomic mass is 9.93. The maximum absolute atomic E-state index is 4.69. The molecular weight excluding hydrogens is 322 g/mol. The van der Waals surface area contributed by atoms with E-state index in [2.05, 4.69) is 64.4 Å². The van der Waals surface area contributed by atoms with Gasteiger partial charge in [0, 0.05) is 18.2 Å². The zero-order valence-electron chi connectivity index (χ0n) is 14.6. The summed E-state index contributed by atoms with van der Waals surface area (Å²) in [6.07, 6.45) is 2.60. The molecule has 0 aliphatic carbocycles. The Labute approximate surface area is 152 Å². The van der Waals surface area contributed by atoms with Gasteiger partial charge in [0.05, 0.1) is 11.7 Å². The number of fused-ring (bicyclic) bond motifs is 2. The lowest BCUT2D eigenvalue weighted by Gasteiger charge is -2.36. The van der Waals surface area contributed by atoms with E-state index in [-0.39, 0.29) is 6.04 Å². The highest BCUT2D eigenvalue weighted by atomic mass is 15.4. The van der Waals surface area contributed by atoms with Crippen molar-refractivity contribution in [1.29, 1.82) is 0 Å². The van der Waals surface area contributed by atoms with Gasteiger partial charge < -0.3 is 4.90 Å². The molecule has 1 aliphatic heterocycles. The molecule has 5 nitrogen and oxygen atoms in total. The minimum Gasteiger partial charge on any atom is -0.349 e. The second-order valence-corrected chi connectivity index (χ2v) is 6.66. The van der Waals surface area contributed by atoms with E-state index < -0.39 is 0 Å². The summed E-state index contributed by atoms with van der Waals surface area (Å²) in [5.41, 5.74) is 4.82. The van der Waals surface area contributed by atoms with Crippen LogP contribution in [0.25, 0.3) is 17.0 Å². The zero-order valence-corrected chi connectivity index (χ0v) is 14.6. The maximum atomic E-state index is 4.69. The van der Waals surface area contributed by atoms with Crippen molar-refractivity contribution in [2.75, 3.05) is 11.4 Å². The Morgan fingerprint density at radius 1 is 1.00 bits per heavy atom. The molecule has 26 heavy (non-hydrogen) atoms. The van der Waals surface area contributed by atoms with Gasteiger partial charge in [0.25, 0.3) is 5.78 Å². The Bertz CT molecular complexity index is 1070. The van der Waals surface area contributed by atoms with Gasteiger partial charge in [-0.25, -0.2) is 4.98 Å². The van der Waals surface area contributed by atoms with E-state index in [0.29, 0.717) is 5.78 Å². The number of nitrogens with zero attached hydrogens (tertiary/aromatic N) is 5. The molecule has 0 amide bonds. The Morgan fingerprint density at radius 3 is 2.69 bits per heavy atom. The molecule has 2 aromatic carbocycles. The number of hydrogen-bond donors (Lipinski definition) is 0. The van der Waals surface area contributed by atoms with E-state index in [9.17, 15) is 0 Å². The summed E-state index contributed by atoms with van der Waals surface area (Å²) in [5.74, 6) is 1.67. The Morgan fingerprint density at radius 2 is 1.81 bits per heavy atom. The summed E-state index contributed by atoms with van der Waals surface area (Å²) in [6, 6.07) is 21.3. The topological polar surface area (TPSA) is 46.3 Å². The van der Waals surface area contributed by atoms with Gasteiger partial charge in [0.15, 0.2) is 0 Å². The fourth-order valence-electron chi connectivity index (χ4n) is 3.84. The average Bonchev–Trinajstić information content (AvgIpc) is 3.17. The molecule has 1 atom stereocenters. The first-order chi connectivity index (χ1) is 12.8. The first-order valence-electron chi connectivity index (χ1n) is 8.92. The summed E-state index contributed by atoms with van der Waals surface area (Å²) < 4.78 is 1.84. The molecule has 1 aliphatic rings. The van der Waals surface area contributed by atoms with Crippen LogP contribution in [0.2, 0.25) is 0 Å². The second kappa shape index (κ2) is 5.95. The van der Waals surface area contributed by atoms with Crippen LogP contribution in [0.1, 0.15) is 24.1 Å². The highest BCUT2D eigenvalue weighted by molar-refractivity contribution is 5.66. The molecule has 0 bridgehead atoms. The van der Waals surface area contributed by atoms with Crippen LogP contribution in [0.15, 0.2) is 67.0 Å². The van der Waals surface area contributed by atoms with Crippen LogP contribution in [0, 0.1) is 0 Å². The van der Waals surface area contributed by atoms with Crippen molar-refractivity contribution in [3.8, 4) is 11.3 Å². The van der Waals surface area contributed by atoms with E-state index in [1.54, 1.807) is 6.33 Å². The number of benzene rings is 2. The molecule has 0 saturated carbocycles. The van der Waals surface area contributed by atoms with E-state index >= 15 is 0 Å². The predicted molar refractivity (Wildman–Crippen MR) is 102 cm³/mol. The summed E-state index contributed by atoms with van der Waals surface area (Å²) in [6.45, 7) is 3.20. The first kappa shape index (κ1) is 15.1. The smallest absolute Gasteiger partial charge is 0.254 e. The van der Waals surface area contributed by atoms with Crippen LogP contribution in [-0.4, -0.2) is 26.1 Å². The van der Waals surface area contributed by atoms with Crippen LogP contribution in [0.4, 0.5) is 5.82 Å². The van der Waals surface area contributed by atoms with Gasteiger partial charge in [-0.1, -0.05) is 54.6 Å². The Hall–Kier alpha value is -3.21. The maximum Gasteiger partial charge on any atom is 0.254 e. The SMILES string of the molecule is CC1c2ccccc2CCN1c1cc(-c2ccccc2)nc2ncnn12. The molecule has 0 saturated heterocycles. The average molecular weight is 341 g/mol. The number of aromatic nitrogens is 4. The molecule has 5 rings (SSSR count). The van der Waals surface area contributed by atoms with Crippen molar-refractivity contribution in [3.05, 3.63) is 78.1 Å². The quantitative estimate of drug-likeness (QED) is 0.554. The van der Waals surface area contributed by atoms with Crippen LogP contribution in [-0.2, 0) is 6.42 Å². The molecule has 0 spiro atoms. The minimum absolute atomic E-state index is 0.276. The van der Waals surface area contributed by atoms with Crippen LogP contribution >= 0.6 is 0 Å². The molecule has 0 radical (unpaired) electrons. The van der Waals surface area contributed by atoms with Crippen molar-refractivity contribution in [2.45, 2.75) is 19.4 Å². The highest BCUT2D eigenvalue weighted by Crippen LogP contribution is 2.34. The third-order valence-corrected chi connectivity index (χ3v) is 5.19. The van der Waals surface area contributed by atoms with Crippen LogP contribution in [0.5, 0.6) is 0 Å². The minimum atomic E-state index is 0.276. The lowest BCUT2D eigenvalue weighted by molar-refractivity contribution is 0.608. The van der Waals surface area contributed by atoms with Crippen LogP contribution in [0.3, 0.4) is 0 Å². The molecule has 0 N–H and O–H groups in total. The fourth-order valence-corrected chi connectivity index (χ4v) is 3.84. The Kier molecular flexibility index (Phi) is 3.45. The third-order valence-electron chi connectivity index (χ3n) is 5.19. The summed E-state index contributed by atoms with van der Waals surface area (Å²) in [5, 5.41) is 4.42. The number of rotatable bonds is 2. The molecule has 1 unspecified atom stereocenters. The van der Waals surface area contributed by atoms with Gasteiger partial charge in [0.1, 0.15) is 12.1 Å². The van der Waals surface area contributed by atoms with Crippen molar-refractivity contribution in [2.24, 2.45) is 0 Å². The van der Waals surface area contributed by atoms with Gasteiger partial charge in [-0.15, -0.1) is 0 Å². The van der Waals surface area contributed by atoms with Crippen molar-refractivity contribution in [3.63, 3.8) is 0 Å². The summed E-state index contributed by atoms with van der Waals surface area (Å²) in [7, 11) is 0. The summed E-state index contributed by atoms with van der Waals surface area (Å²) in [4.78, 5) is 11.4. The van der Waals surface area contributed by atoms with Gasteiger partial charge in [-0.3, -0.25) is 0 Å². The van der Waals surface area contributed by atoms with Gasteiger partial charge in [0.2, 0.25) is 0 Å². The molecule has 2 aromatic heterocycles. The molecule has 4 aromatic rings. The largest absolute Gasteiger partial charge is 0.349 e. The van der Waals surface area contributed by atoms with E-state index in [1.807, 2.05) is 22.7 Å². The molecular formula is C21H19N5. The van der Waals surface area contributed by atoms with Gasteiger partial charge in [-0.05, 0) is 24.5 Å². The first-order valence-corrected chi connectivity index (χ1v) is 8.92. The molecule has 5 heteroatoms. The van der Waals surface area contributed by atoms with Crippen molar-refractivity contribution >= 4 is 11.6 Å². The summed E-state index contributed by atoms with van der Waals surface area (Å²) >= 11 is 0. The van der Waals surface area contributed by atoms with Crippen molar-refractivity contribution in [1.82, 2.24) is 19.6 Å². The standard InChI is InChI=1S/C21H19N5/c1-15-18-10-6-5-7-16(18)11-12-25(15)20-13-19(17-8-3-2-4-9-17)24-21-22-14-23-26(20)21/h2-10,13-15H,11-12H2,1H3. The number of anilines is 1. The van der Waals surface area contributed by atoms with E-state index in [0.717, 1.165) is 30.0 Å². The second-order valence-electron chi connectivity index (χ2n) is 6.66. The molecule has 128 valence electrons. The van der Waals surface area contributed by atoms with Crippen LogP contribution < -0.4 is 4.90 Å². The van der Waals surface area contributed by atoms with E-state index in [1.165, 1.54) is 11.1 Å². The molecule has 3 heterocycles. The normalized spacial score (nSPS) is 16.7. The van der Waals surface area contributed by atoms with Crippen molar-refractivity contribution < 1.29 is 0 Å². The van der Waals surface area contributed by atoms with E-state index in [4.69, 9.17) is 4.98 Å².